The molecule has 3 amide bonds. The highest BCUT2D eigenvalue weighted by molar-refractivity contribution is 6.04. The summed E-state index contributed by atoms with van der Waals surface area (Å²) < 4.78 is 31.5. The van der Waals surface area contributed by atoms with Gasteiger partial charge in [0.05, 0.1) is 43.7 Å². The van der Waals surface area contributed by atoms with E-state index in [1.807, 2.05) is 47.4 Å². The van der Waals surface area contributed by atoms with Crippen LogP contribution in [0.5, 0.6) is 0 Å². The van der Waals surface area contributed by atoms with E-state index in [-0.39, 0.29) is 23.8 Å². The lowest BCUT2D eigenvalue weighted by molar-refractivity contribution is -0.933. The van der Waals surface area contributed by atoms with Crippen LogP contribution in [-0.4, -0.2) is 77.2 Å². The van der Waals surface area contributed by atoms with Crippen LogP contribution in [0.4, 0.5) is 13.2 Å². The number of benzene rings is 2. The molecule has 43 heavy (non-hydrogen) atoms. The summed E-state index contributed by atoms with van der Waals surface area (Å²) in [4.78, 5) is 50.7. The molecule has 1 aliphatic carbocycles. The normalized spacial score (nSPS) is 20.0. The highest BCUT2D eigenvalue weighted by atomic mass is 19.4. The van der Waals surface area contributed by atoms with Crippen LogP contribution in [0.1, 0.15) is 47.8 Å². The third kappa shape index (κ3) is 7.69. The molecule has 11 nitrogen and oxygen atoms in total. The highest BCUT2D eigenvalue weighted by Gasteiger charge is 2.41. The molecule has 2 aliphatic rings. The molecule has 0 radical (unpaired) electrons. The second-order valence-electron chi connectivity index (χ2n) is 10.6. The molecule has 1 aliphatic heterocycles. The number of piperazine rings is 1. The van der Waals surface area contributed by atoms with Crippen LogP contribution in [0.25, 0.3) is 10.9 Å². The SMILES string of the molecule is NC(=O)[C@@H](NC(=O)[C@H]1CCCC[C@@H]1[NH+]1CCN(C(=O)c2n[nH]c3ccccc23)CC1)c1ccccc1.O=C([O-])C(F)(F)F. The zero-order valence-electron chi connectivity index (χ0n) is 23.2. The number of carbonyl (C=O) groups excluding carboxylic acids is 4. The first-order chi connectivity index (χ1) is 20.5. The summed E-state index contributed by atoms with van der Waals surface area (Å²) >= 11 is 0. The molecular weight excluding hydrogens is 569 g/mol. The molecule has 2 fully saturated rings. The second-order valence-corrected chi connectivity index (χ2v) is 10.6. The van der Waals surface area contributed by atoms with Gasteiger partial charge in [-0.15, -0.1) is 0 Å². The van der Waals surface area contributed by atoms with E-state index in [1.165, 1.54) is 4.90 Å². The van der Waals surface area contributed by atoms with Crippen molar-refractivity contribution in [1.29, 1.82) is 0 Å². The van der Waals surface area contributed by atoms with E-state index in [2.05, 4.69) is 15.5 Å². The molecule has 230 valence electrons. The summed E-state index contributed by atoms with van der Waals surface area (Å²) in [6.45, 7) is 2.79. The summed E-state index contributed by atoms with van der Waals surface area (Å²) in [5, 5.41) is 19.8. The highest BCUT2D eigenvalue weighted by Crippen LogP contribution is 2.25. The van der Waals surface area contributed by atoms with Crippen LogP contribution in [0.3, 0.4) is 0 Å². The molecule has 1 saturated heterocycles. The molecule has 1 saturated carbocycles. The fourth-order valence-corrected chi connectivity index (χ4v) is 5.79. The zero-order chi connectivity index (χ0) is 31.1. The van der Waals surface area contributed by atoms with Crippen LogP contribution in [0.2, 0.25) is 0 Å². The van der Waals surface area contributed by atoms with Crippen molar-refractivity contribution in [3.05, 3.63) is 65.9 Å². The summed E-state index contributed by atoms with van der Waals surface area (Å²) in [6.07, 6.45) is -1.37. The standard InChI is InChI=1S/C27H32N6O3.C2HF3O2/c28-25(34)23(18-8-2-1-3-9-18)29-26(35)20-11-5-7-13-22(20)32-14-16-33(17-15-32)27(36)24-19-10-4-6-12-21(19)30-31-24;3-2(4,5)1(6)7/h1-4,6,8-10,12,20,22-23H,5,7,11,13-17H2,(H2,28,34)(H,29,35)(H,30,31);(H,6,7)/t20-,22-,23-;/m0./s1. The molecule has 3 atom stereocenters. The zero-order valence-corrected chi connectivity index (χ0v) is 23.2. The van der Waals surface area contributed by atoms with Crippen molar-refractivity contribution in [2.75, 3.05) is 26.2 Å². The number of nitrogens with zero attached hydrogens (tertiary/aromatic N) is 2. The smallest absolute Gasteiger partial charge is 0.430 e. The van der Waals surface area contributed by atoms with E-state index < -0.39 is 24.1 Å². The van der Waals surface area contributed by atoms with Crippen molar-refractivity contribution in [3.63, 3.8) is 0 Å². The molecule has 0 spiro atoms. The summed E-state index contributed by atoms with van der Waals surface area (Å²) in [6, 6.07) is 16.1. The predicted octanol–water partition coefficient (Wildman–Crippen LogP) is 0.104. The first-order valence-electron chi connectivity index (χ1n) is 14.0. The number of nitrogens with two attached hydrogens (primary N) is 1. The number of carbonyl (C=O) groups is 4. The minimum absolute atomic E-state index is 0.0587. The van der Waals surface area contributed by atoms with Crippen molar-refractivity contribution in [2.24, 2.45) is 11.7 Å². The van der Waals surface area contributed by atoms with Crippen LogP contribution < -0.4 is 21.1 Å². The predicted molar refractivity (Wildman–Crippen MR) is 146 cm³/mol. The molecule has 2 heterocycles. The van der Waals surface area contributed by atoms with Crippen molar-refractivity contribution in [3.8, 4) is 0 Å². The van der Waals surface area contributed by atoms with E-state index in [1.54, 1.807) is 12.1 Å². The Labute approximate surface area is 245 Å². The quantitative estimate of drug-likeness (QED) is 0.313. The third-order valence-electron chi connectivity index (χ3n) is 7.93. The van der Waals surface area contributed by atoms with Gasteiger partial charge in [-0.05, 0) is 24.5 Å². The summed E-state index contributed by atoms with van der Waals surface area (Å²) in [5.74, 6) is -3.92. The number of nitrogens with one attached hydrogen (secondary N) is 3. The molecule has 14 heteroatoms. The number of rotatable bonds is 6. The lowest BCUT2D eigenvalue weighted by Crippen LogP contribution is -3.19. The molecule has 5 rings (SSSR count). The number of hydrogen-bond donors (Lipinski definition) is 4. The maximum Gasteiger partial charge on any atom is 0.430 e. The molecule has 2 aromatic carbocycles. The fourth-order valence-electron chi connectivity index (χ4n) is 5.79. The van der Waals surface area contributed by atoms with E-state index in [0.29, 0.717) is 24.3 Å². The first kappa shape index (κ1) is 31.5. The molecular formula is C29H33F3N6O5. The number of aliphatic carboxylic acids is 1. The van der Waals surface area contributed by atoms with Gasteiger partial charge in [-0.25, -0.2) is 0 Å². The van der Waals surface area contributed by atoms with Crippen LogP contribution in [0, 0.1) is 5.92 Å². The van der Waals surface area contributed by atoms with Gasteiger partial charge in [0, 0.05) is 11.8 Å². The Balaban J connectivity index is 0.000000541. The molecule has 3 aromatic rings. The number of fused-ring (bicyclic) bond motifs is 1. The van der Waals surface area contributed by atoms with Crippen molar-refractivity contribution in [1.82, 2.24) is 20.4 Å². The van der Waals surface area contributed by atoms with Gasteiger partial charge in [0.1, 0.15) is 12.0 Å². The van der Waals surface area contributed by atoms with E-state index in [4.69, 9.17) is 15.6 Å². The Kier molecular flexibility index (Phi) is 10.0. The minimum Gasteiger partial charge on any atom is -0.542 e. The number of aromatic amines is 1. The third-order valence-corrected chi connectivity index (χ3v) is 7.93. The monoisotopic (exact) mass is 602 g/mol. The molecule has 0 bridgehead atoms. The Bertz CT molecular complexity index is 1440. The Morgan fingerprint density at radius 1 is 1.00 bits per heavy atom. The van der Waals surface area contributed by atoms with Crippen LogP contribution in [-0.2, 0) is 14.4 Å². The molecule has 5 N–H and O–H groups in total. The topological polar surface area (TPSA) is 166 Å². The average molecular weight is 603 g/mol. The summed E-state index contributed by atoms with van der Waals surface area (Å²) in [7, 11) is 0. The van der Waals surface area contributed by atoms with Crippen LogP contribution in [0.15, 0.2) is 54.6 Å². The number of alkyl halides is 3. The van der Waals surface area contributed by atoms with E-state index >= 15 is 0 Å². The van der Waals surface area contributed by atoms with Crippen LogP contribution >= 0.6 is 0 Å². The first-order valence-corrected chi connectivity index (χ1v) is 14.0. The molecule has 0 unspecified atom stereocenters. The van der Waals surface area contributed by atoms with Gasteiger partial charge in [-0.1, -0.05) is 55.0 Å². The number of primary amides is 1. The van der Waals surface area contributed by atoms with Gasteiger partial charge >= 0.3 is 6.18 Å². The van der Waals surface area contributed by atoms with E-state index in [0.717, 1.165) is 49.7 Å². The maximum absolute atomic E-state index is 13.4. The van der Waals surface area contributed by atoms with Crippen molar-refractivity contribution in [2.45, 2.75) is 43.9 Å². The number of H-pyrrole nitrogens is 1. The lowest BCUT2D eigenvalue weighted by atomic mass is 9.82. The van der Waals surface area contributed by atoms with Gasteiger partial charge in [0.15, 0.2) is 5.69 Å². The van der Waals surface area contributed by atoms with Crippen molar-refractivity contribution < 1.29 is 42.4 Å². The summed E-state index contributed by atoms with van der Waals surface area (Å²) in [5.41, 5.74) is 7.64. The number of halogens is 3. The van der Waals surface area contributed by atoms with Gasteiger partial charge in [-0.2, -0.15) is 18.3 Å². The van der Waals surface area contributed by atoms with Gasteiger partial charge in [-0.3, -0.25) is 19.5 Å². The number of carboxylic acid groups (broad SMARTS) is 1. The Morgan fingerprint density at radius 3 is 2.23 bits per heavy atom. The number of amides is 3. The molecule has 1 aromatic heterocycles. The van der Waals surface area contributed by atoms with E-state index in [9.17, 15) is 27.6 Å². The number of aromatic nitrogens is 2. The largest absolute Gasteiger partial charge is 0.542 e. The van der Waals surface area contributed by atoms with Gasteiger partial charge in [0.2, 0.25) is 11.8 Å². The lowest BCUT2D eigenvalue weighted by Gasteiger charge is -2.41. The second kappa shape index (κ2) is 13.7. The number of quaternary nitrogens is 1. The number of hydrogen-bond acceptors (Lipinski definition) is 6. The maximum atomic E-state index is 13.4. The number of carboxylic acids is 1. The van der Waals surface area contributed by atoms with Gasteiger partial charge in [0.25, 0.3) is 5.91 Å². The van der Waals surface area contributed by atoms with Crippen molar-refractivity contribution >= 4 is 34.6 Å². The number of para-hydroxylation sites is 1. The minimum atomic E-state index is -5.19. The fraction of sp³-hybridized carbons (Fsp3) is 0.414. The Hall–Kier alpha value is -4.46. The Morgan fingerprint density at radius 2 is 1.60 bits per heavy atom. The van der Waals surface area contributed by atoms with Gasteiger partial charge < -0.3 is 30.8 Å². The average Bonchev–Trinajstić information content (AvgIpc) is 3.44.